The maximum atomic E-state index is 12.9. The number of amides is 1. The average molecular weight is 325 g/mol. The van der Waals surface area contributed by atoms with E-state index in [1.54, 1.807) is 7.11 Å². The largest absolute Gasteiger partial charge is 0.497 e. The lowest BCUT2D eigenvalue weighted by Gasteiger charge is -2.25. The zero-order valence-corrected chi connectivity index (χ0v) is 14.0. The quantitative estimate of drug-likeness (QED) is 0.816. The van der Waals surface area contributed by atoms with Gasteiger partial charge in [0.1, 0.15) is 5.75 Å². The van der Waals surface area contributed by atoms with Crippen LogP contribution in [0, 0.1) is 0 Å². The summed E-state index contributed by atoms with van der Waals surface area (Å²) >= 11 is 0. The van der Waals surface area contributed by atoms with E-state index in [2.05, 4.69) is 0 Å². The Hall–Kier alpha value is -2.33. The SMILES string of the molecule is COc1ccc(CC(=O)N(CC2CCCO2)c2ccccc2)cc1. The van der Waals surface area contributed by atoms with Gasteiger partial charge in [0.2, 0.25) is 5.91 Å². The Kier molecular flexibility index (Phi) is 5.49. The highest BCUT2D eigenvalue weighted by Gasteiger charge is 2.23. The summed E-state index contributed by atoms with van der Waals surface area (Å²) in [6, 6.07) is 17.5. The molecule has 1 aliphatic rings. The molecule has 2 aromatic rings. The minimum atomic E-state index is 0.0851. The summed E-state index contributed by atoms with van der Waals surface area (Å²) in [6.07, 6.45) is 2.58. The number of rotatable bonds is 6. The molecule has 1 heterocycles. The maximum absolute atomic E-state index is 12.9. The molecule has 0 radical (unpaired) electrons. The van der Waals surface area contributed by atoms with Crippen molar-refractivity contribution in [3.63, 3.8) is 0 Å². The highest BCUT2D eigenvalue weighted by atomic mass is 16.5. The summed E-state index contributed by atoms with van der Waals surface area (Å²) in [5.74, 6) is 0.882. The van der Waals surface area contributed by atoms with E-state index in [0.29, 0.717) is 13.0 Å². The van der Waals surface area contributed by atoms with Crippen LogP contribution in [-0.4, -0.2) is 32.3 Å². The fourth-order valence-corrected chi connectivity index (χ4v) is 2.96. The van der Waals surface area contributed by atoms with Gasteiger partial charge < -0.3 is 14.4 Å². The standard InChI is InChI=1S/C20H23NO3/c1-23-18-11-9-16(10-12-18)14-20(22)21(15-19-8-5-13-24-19)17-6-3-2-4-7-17/h2-4,6-7,9-12,19H,5,8,13-15H2,1H3. The van der Waals surface area contributed by atoms with E-state index >= 15 is 0 Å². The summed E-state index contributed by atoms with van der Waals surface area (Å²) in [5, 5.41) is 0. The van der Waals surface area contributed by atoms with Gasteiger partial charge in [-0.2, -0.15) is 0 Å². The van der Waals surface area contributed by atoms with Gasteiger partial charge in [-0.15, -0.1) is 0 Å². The van der Waals surface area contributed by atoms with E-state index in [4.69, 9.17) is 9.47 Å². The molecule has 24 heavy (non-hydrogen) atoms. The molecule has 3 rings (SSSR count). The number of carbonyl (C=O) groups is 1. The van der Waals surface area contributed by atoms with Crippen molar-refractivity contribution >= 4 is 11.6 Å². The molecule has 2 aromatic carbocycles. The van der Waals surface area contributed by atoms with Crippen LogP contribution < -0.4 is 9.64 Å². The second-order valence-corrected chi connectivity index (χ2v) is 6.00. The third kappa shape index (κ3) is 4.15. The molecule has 4 heteroatoms. The second-order valence-electron chi connectivity index (χ2n) is 6.00. The fourth-order valence-electron chi connectivity index (χ4n) is 2.96. The first kappa shape index (κ1) is 16.5. The van der Waals surface area contributed by atoms with Gasteiger partial charge in [-0.1, -0.05) is 30.3 Å². The molecule has 0 aliphatic carbocycles. The van der Waals surface area contributed by atoms with Crippen LogP contribution in [0.3, 0.4) is 0 Å². The smallest absolute Gasteiger partial charge is 0.231 e. The average Bonchev–Trinajstić information content (AvgIpc) is 3.14. The first-order chi connectivity index (χ1) is 11.8. The molecule has 1 unspecified atom stereocenters. The van der Waals surface area contributed by atoms with Gasteiger partial charge in [0.05, 0.1) is 26.2 Å². The molecule has 1 amide bonds. The van der Waals surface area contributed by atoms with Crippen LogP contribution >= 0.6 is 0 Å². The molecule has 0 aromatic heterocycles. The first-order valence-corrected chi connectivity index (χ1v) is 8.36. The number of hydrogen-bond donors (Lipinski definition) is 0. The van der Waals surface area contributed by atoms with Crippen molar-refractivity contribution in [2.24, 2.45) is 0 Å². The molecule has 0 N–H and O–H groups in total. The van der Waals surface area contributed by atoms with Crippen LogP contribution in [-0.2, 0) is 16.0 Å². The van der Waals surface area contributed by atoms with Crippen molar-refractivity contribution in [3.05, 3.63) is 60.2 Å². The maximum Gasteiger partial charge on any atom is 0.231 e. The number of para-hydroxylation sites is 1. The predicted octanol–water partition coefficient (Wildman–Crippen LogP) is 3.45. The summed E-state index contributed by atoms with van der Waals surface area (Å²) in [5.41, 5.74) is 1.90. The van der Waals surface area contributed by atoms with Crippen LogP contribution in [0.4, 0.5) is 5.69 Å². The van der Waals surface area contributed by atoms with Crippen molar-refractivity contribution in [1.82, 2.24) is 0 Å². The van der Waals surface area contributed by atoms with E-state index in [-0.39, 0.29) is 12.0 Å². The van der Waals surface area contributed by atoms with Crippen LogP contribution in [0.5, 0.6) is 5.75 Å². The number of methoxy groups -OCH3 is 1. The Morgan fingerprint density at radius 3 is 2.54 bits per heavy atom. The topological polar surface area (TPSA) is 38.8 Å². The summed E-state index contributed by atoms with van der Waals surface area (Å²) in [4.78, 5) is 14.7. The lowest BCUT2D eigenvalue weighted by molar-refractivity contribution is -0.118. The van der Waals surface area contributed by atoms with Crippen molar-refractivity contribution in [2.45, 2.75) is 25.4 Å². The number of ether oxygens (including phenoxy) is 2. The van der Waals surface area contributed by atoms with Gasteiger partial charge in [0.15, 0.2) is 0 Å². The van der Waals surface area contributed by atoms with Crippen molar-refractivity contribution < 1.29 is 14.3 Å². The number of nitrogens with zero attached hydrogens (tertiary/aromatic N) is 1. The summed E-state index contributed by atoms with van der Waals surface area (Å²) < 4.78 is 10.9. The van der Waals surface area contributed by atoms with E-state index in [0.717, 1.165) is 36.4 Å². The van der Waals surface area contributed by atoms with E-state index in [9.17, 15) is 4.79 Å². The van der Waals surface area contributed by atoms with E-state index < -0.39 is 0 Å². The first-order valence-electron chi connectivity index (χ1n) is 8.36. The van der Waals surface area contributed by atoms with E-state index in [1.807, 2.05) is 59.5 Å². The molecule has 0 saturated carbocycles. The molecular formula is C20H23NO3. The van der Waals surface area contributed by atoms with Gasteiger partial charge in [-0.3, -0.25) is 4.79 Å². The summed E-state index contributed by atoms with van der Waals surface area (Å²) in [6.45, 7) is 1.40. The van der Waals surface area contributed by atoms with Crippen LogP contribution in [0.15, 0.2) is 54.6 Å². The number of carbonyl (C=O) groups excluding carboxylic acids is 1. The Morgan fingerprint density at radius 1 is 1.17 bits per heavy atom. The lowest BCUT2D eigenvalue weighted by atomic mass is 10.1. The monoisotopic (exact) mass is 325 g/mol. The number of anilines is 1. The lowest BCUT2D eigenvalue weighted by Crippen LogP contribution is -2.38. The molecule has 4 nitrogen and oxygen atoms in total. The highest BCUT2D eigenvalue weighted by Crippen LogP contribution is 2.21. The molecule has 0 bridgehead atoms. The Morgan fingerprint density at radius 2 is 1.92 bits per heavy atom. The molecule has 1 saturated heterocycles. The third-order valence-corrected chi connectivity index (χ3v) is 4.29. The number of benzene rings is 2. The zero-order chi connectivity index (χ0) is 16.8. The minimum Gasteiger partial charge on any atom is -0.497 e. The molecule has 1 fully saturated rings. The van der Waals surface area contributed by atoms with E-state index in [1.165, 1.54) is 0 Å². The van der Waals surface area contributed by atoms with Crippen LogP contribution in [0.2, 0.25) is 0 Å². The normalized spacial score (nSPS) is 16.8. The Labute approximate surface area is 143 Å². The molecule has 126 valence electrons. The van der Waals surface area contributed by atoms with Crippen molar-refractivity contribution in [2.75, 3.05) is 25.2 Å². The fraction of sp³-hybridized carbons (Fsp3) is 0.350. The molecule has 1 aliphatic heterocycles. The molecule has 1 atom stereocenters. The molecule has 0 spiro atoms. The highest BCUT2D eigenvalue weighted by molar-refractivity contribution is 5.94. The van der Waals surface area contributed by atoms with Crippen LogP contribution in [0.1, 0.15) is 18.4 Å². The third-order valence-electron chi connectivity index (χ3n) is 4.29. The minimum absolute atomic E-state index is 0.0851. The van der Waals surface area contributed by atoms with Gasteiger partial charge >= 0.3 is 0 Å². The van der Waals surface area contributed by atoms with Gasteiger partial charge in [-0.05, 0) is 42.7 Å². The zero-order valence-electron chi connectivity index (χ0n) is 14.0. The molecular weight excluding hydrogens is 302 g/mol. The van der Waals surface area contributed by atoms with Crippen molar-refractivity contribution in [3.8, 4) is 5.75 Å². The van der Waals surface area contributed by atoms with Crippen LogP contribution in [0.25, 0.3) is 0 Å². The summed E-state index contributed by atoms with van der Waals surface area (Å²) in [7, 11) is 1.64. The predicted molar refractivity (Wildman–Crippen MR) is 94.5 cm³/mol. The van der Waals surface area contributed by atoms with Gasteiger partial charge in [-0.25, -0.2) is 0 Å². The van der Waals surface area contributed by atoms with Crippen molar-refractivity contribution in [1.29, 1.82) is 0 Å². The second kappa shape index (κ2) is 7.97. The number of hydrogen-bond acceptors (Lipinski definition) is 3. The van der Waals surface area contributed by atoms with Gasteiger partial charge in [0.25, 0.3) is 0 Å². The Balaban J connectivity index is 1.74. The van der Waals surface area contributed by atoms with Gasteiger partial charge in [0, 0.05) is 12.3 Å². The Bertz CT molecular complexity index is 648.